The van der Waals surface area contributed by atoms with Crippen molar-refractivity contribution in [3.8, 4) is 11.5 Å². The molecule has 0 saturated heterocycles. The molecule has 5 nitrogen and oxygen atoms in total. The quantitative estimate of drug-likeness (QED) is 0.913. The Morgan fingerprint density at radius 3 is 2.45 bits per heavy atom. The van der Waals surface area contributed by atoms with E-state index in [-0.39, 0.29) is 4.90 Å². The van der Waals surface area contributed by atoms with Gasteiger partial charge in [0.25, 0.3) is 0 Å². The molecular weight excluding hydrogens is 276 g/mol. The number of hydrogen-bond acceptors (Lipinski definition) is 5. The van der Waals surface area contributed by atoms with Gasteiger partial charge in [-0.2, -0.15) is 0 Å². The molecule has 20 heavy (non-hydrogen) atoms. The smallest absolute Gasteiger partial charge is 0.175 e. The lowest BCUT2D eigenvalue weighted by Gasteiger charge is -2.07. The number of ether oxygens (including phenoxy) is 1. The number of nitrogens with zero attached hydrogens (tertiary/aromatic N) is 1. The van der Waals surface area contributed by atoms with Crippen LogP contribution in [0.3, 0.4) is 0 Å². The van der Waals surface area contributed by atoms with Gasteiger partial charge in [-0.25, -0.2) is 8.42 Å². The van der Waals surface area contributed by atoms with Crippen LogP contribution in [0.4, 0.5) is 0 Å². The van der Waals surface area contributed by atoms with Crippen molar-refractivity contribution >= 4 is 9.84 Å². The second kappa shape index (κ2) is 6.02. The molecule has 106 valence electrons. The molecule has 2 rings (SSSR count). The molecule has 0 aliphatic heterocycles. The SMILES string of the molecule is CNCc1cncc(Oc2ccc(S(C)(=O)=O)cc2)c1. The zero-order chi connectivity index (χ0) is 14.6. The molecule has 1 heterocycles. The third-order valence-electron chi connectivity index (χ3n) is 2.64. The van der Waals surface area contributed by atoms with E-state index in [1.165, 1.54) is 18.4 Å². The van der Waals surface area contributed by atoms with E-state index < -0.39 is 9.84 Å². The van der Waals surface area contributed by atoms with Gasteiger partial charge in [-0.1, -0.05) is 0 Å². The fraction of sp³-hybridized carbons (Fsp3) is 0.214. The zero-order valence-corrected chi connectivity index (χ0v) is 12.1. The lowest BCUT2D eigenvalue weighted by Crippen LogP contribution is -2.05. The normalized spacial score (nSPS) is 11.3. The van der Waals surface area contributed by atoms with Crippen LogP contribution in [-0.4, -0.2) is 26.7 Å². The van der Waals surface area contributed by atoms with Gasteiger partial charge in [0, 0.05) is 19.0 Å². The number of benzene rings is 1. The first kappa shape index (κ1) is 14.5. The van der Waals surface area contributed by atoms with Crippen LogP contribution in [0.25, 0.3) is 0 Å². The summed E-state index contributed by atoms with van der Waals surface area (Å²) in [6, 6.07) is 8.18. The molecule has 0 spiro atoms. The highest BCUT2D eigenvalue weighted by Gasteiger charge is 2.07. The second-order valence-electron chi connectivity index (χ2n) is 4.40. The summed E-state index contributed by atoms with van der Waals surface area (Å²) in [6.45, 7) is 0.706. The van der Waals surface area contributed by atoms with Crippen molar-refractivity contribution in [2.75, 3.05) is 13.3 Å². The largest absolute Gasteiger partial charge is 0.456 e. The van der Waals surface area contributed by atoms with Gasteiger partial charge < -0.3 is 10.1 Å². The molecule has 1 aromatic heterocycles. The second-order valence-corrected chi connectivity index (χ2v) is 6.42. The average Bonchev–Trinajstić information content (AvgIpc) is 2.39. The topological polar surface area (TPSA) is 68.3 Å². The van der Waals surface area contributed by atoms with Crippen LogP contribution in [0, 0.1) is 0 Å². The highest BCUT2D eigenvalue weighted by atomic mass is 32.2. The summed E-state index contributed by atoms with van der Waals surface area (Å²) in [6.07, 6.45) is 4.55. The standard InChI is InChI=1S/C14H16N2O3S/c1-15-8-11-7-13(10-16-9-11)19-12-3-5-14(6-4-12)20(2,17)18/h3-7,9-10,15H,8H2,1-2H3. The van der Waals surface area contributed by atoms with Crippen molar-refractivity contribution in [3.05, 3.63) is 48.3 Å². The summed E-state index contributed by atoms with van der Waals surface area (Å²) in [7, 11) is -1.32. The molecular formula is C14H16N2O3S. The van der Waals surface area contributed by atoms with E-state index in [2.05, 4.69) is 10.3 Å². The van der Waals surface area contributed by atoms with Gasteiger partial charge in [0.15, 0.2) is 9.84 Å². The minimum Gasteiger partial charge on any atom is -0.456 e. The maximum Gasteiger partial charge on any atom is 0.175 e. The van der Waals surface area contributed by atoms with E-state index in [1.807, 2.05) is 13.1 Å². The maximum atomic E-state index is 11.4. The highest BCUT2D eigenvalue weighted by molar-refractivity contribution is 7.90. The summed E-state index contributed by atoms with van der Waals surface area (Å²) in [5.41, 5.74) is 1.01. The van der Waals surface area contributed by atoms with Gasteiger partial charge in [0.05, 0.1) is 11.1 Å². The highest BCUT2D eigenvalue weighted by Crippen LogP contribution is 2.22. The Kier molecular flexibility index (Phi) is 4.36. The van der Waals surface area contributed by atoms with E-state index in [0.29, 0.717) is 18.0 Å². The van der Waals surface area contributed by atoms with Crippen molar-refractivity contribution in [1.82, 2.24) is 10.3 Å². The van der Waals surface area contributed by atoms with Crippen LogP contribution >= 0.6 is 0 Å². The van der Waals surface area contributed by atoms with E-state index in [4.69, 9.17) is 4.74 Å². The number of pyridine rings is 1. The summed E-state index contributed by atoms with van der Waals surface area (Å²) < 4.78 is 28.4. The first-order valence-electron chi connectivity index (χ1n) is 6.05. The predicted octanol–water partition coefficient (Wildman–Crippen LogP) is 2.00. The molecule has 0 aliphatic rings. The summed E-state index contributed by atoms with van der Waals surface area (Å²) in [5, 5.41) is 3.04. The fourth-order valence-corrected chi connectivity index (χ4v) is 2.34. The van der Waals surface area contributed by atoms with Crippen LogP contribution < -0.4 is 10.1 Å². The molecule has 0 amide bonds. The third kappa shape index (κ3) is 3.79. The van der Waals surface area contributed by atoms with Gasteiger partial charge in [0.1, 0.15) is 11.5 Å². The fourth-order valence-electron chi connectivity index (χ4n) is 1.71. The number of rotatable bonds is 5. The van der Waals surface area contributed by atoms with Crippen LogP contribution in [0.5, 0.6) is 11.5 Å². The minimum atomic E-state index is -3.18. The molecule has 6 heteroatoms. The van der Waals surface area contributed by atoms with Crippen molar-refractivity contribution in [3.63, 3.8) is 0 Å². The Morgan fingerprint density at radius 2 is 1.85 bits per heavy atom. The first-order chi connectivity index (χ1) is 9.49. The van der Waals surface area contributed by atoms with Gasteiger partial charge in [-0.05, 0) is 42.9 Å². The summed E-state index contributed by atoms with van der Waals surface area (Å²) in [5.74, 6) is 1.19. The van der Waals surface area contributed by atoms with Gasteiger partial charge in [-0.3, -0.25) is 4.98 Å². The van der Waals surface area contributed by atoms with Crippen molar-refractivity contribution < 1.29 is 13.2 Å². The average molecular weight is 292 g/mol. The van der Waals surface area contributed by atoms with E-state index in [0.717, 1.165) is 5.56 Å². The van der Waals surface area contributed by atoms with E-state index in [9.17, 15) is 8.42 Å². The third-order valence-corrected chi connectivity index (χ3v) is 3.77. The maximum absolute atomic E-state index is 11.4. The molecule has 0 bridgehead atoms. The van der Waals surface area contributed by atoms with Crippen molar-refractivity contribution in [2.24, 2.45) is 0 Å². The Bertz CT molecular complexity index is 682. The van der Waals surface area contributed by atoms with Gasteiger partial charge in [0.2, 0.25) is 0 Å². The molecule has 0 unspecified atom stereocenters. The van der Waals surface area contributed by atoms with Crippen LogP contribution in [0.15, 0.2) is 47.6 Å². The van der Waals surface area contributed by atoms with E-state index >= 15 is 0 Å². The van der Waals surface area contributed by atoms with Crippen molar-refractivity contribution in [2.45, 2.75) is 11.4 Å². The van der Waals surface area contributed by atoms with Crippen LogP contribution in [0.1, 0.15) is 5.56 Å². The Balaban J connectivity index is 2.16. The Labute approximate surface area is 118 Å². The lowest BCUT2D eigenvalue weighted by atomic mass is 10.3. The van der Waals surface area contributed by atoms with Crippen LogP contribution in [0.2, 0.25) is 0 Å². The molecule has 0 saturated carbocycles. The molecule has 2 aromatic rings. The molecule has 1 N–H and O–H groups in total. The molecule has 1 aromatic carbocycles. The Morgan fingerprint density at radius 1 is 1.15 bits per heavy atom. The van der Waals surface area contributed by atoms with Crippen LogP contribution in [-0.2, 0) is 16.4 Å². The Hall–Kier alpha value is -1.92. The minimum absolute atomic E-state index is 0.270. The zero-order valence-electron chi connectivity index (χ0n) is 11.3. The lowest BCUT2D eigenvalue weighted by molar-refractivity contribution is 0.478. The van der Waals surface area contributed by atoms with Gasteiger partial charge in [-0.15, -0.1) is 0 Å². The summed E-state index contributed by atoms with van der Waals surface area (Å²) in [4.78, 5) is 4.37. The molecule has 0 atom stereocenters. The number of aromatic nitrogens is 1. The number of nitrogens with one attached hydrogen (secondary N) is 1. The van der Waals surface area contributed by atoms with Gasteiger partial charge >= 0.3 is 0 Å². The summed E-state index contributed by atoms with van der Waals surface area (Å²) >= 11 is 0. The number of sulfone groups is 1. The number of hydrogen-bond donors (Lipinski definition) is 1. The predicted molar refractivity (Wildman–Crippen MR) is 76.6 cm³/mol. The first-order valence-corrected chi connectivity index (χ1v) is 7.94. The monoisotopic (exact) mass is 292 g/mol. The molecule has 0 fully saturated rings. The van der Waals surface area contributed by atoms with Crippen molar-refractivity contribution in [1.29, 1.82) is 0 Å². The molecule has 0 aliphatic carbocycles. The molecule has 0 radical (unpaired) electrons. The van der Waals surface area contributed by atoms with E-state index in [1.54, 1.807) is 24.5 Å².